The molecule has 1 heterocycles. The summed E-state index contributed by atoms with van der Waals surface area (Å²) in [7, 11) is -4.37. The van der Waals surface area contributed by atoms with Gasteiger partial charge in [-0.25, -0.2) is 26.0 Å². The summed E-state index contributed by atoms with van der Waals surface area (Å²) in [6, 6.07) is 2.66. The predicted molar refractivity (Wildman–Crippen MR) is 99.1 cm³/mol. The quantitative estimate of drug-likeness (QED) is 0.378. The number of halogens is 4. The van der Waals surface area contributed by atoms with Gasteiger partial charge in [0.1, 0.15) is 4.90 Å². The SMILES string of the molecule is Nc1cc(C(=O)Nc2cc(F)c(F)c(F)c2)cc(S(=O)(=O)N2CCC(O)CC2)c1F. The third-order valence-corrected chi connectivity index (χ3v) is 6.51. The molecule has 0 aliphatic carbocycles. The Bertz CT molecular complexity index is 1080. The van der Waals surface area contributed by atoms with Crippen LogP contribution in [0.4, 0.5) is 28.9 Å². The molecule has 1 amide bonds. The Kier molecular flexibility index (Phi) is 6.01. The number of nitrogens with zero attached hydrogens (tertiary/aromatic N) is 1. The molecule has 3 rings (SSSR count). The van der Waals surface area contributed by atoms with Crippen LogP contribution in [-0.4, -0.2) is 42.9 Å². The predicted octanol–water partition coefficient (Wildman–Crippen LogP) is 2.22. The van der Waals surface area contributed by atoms with Crippen molar-refractivity contribution in [2.24, 2.45) is 0 Å². The number of sulfonamides is 1. The zero-order chi connectivity index (χ0) is 22.2. The molecule has 7 nitrogen and oxygen atoms in total. The molecule has 0 saturated carbocycles. The molecule has 1 aliphatic rings. The van der Waals surface area contributed by atoms with Crippen molar-refractivity contribution in [2.45, 2.75) is 23.8 Å². The summed E-state index contributed by atoms with van der Waals surface area (Å²) in [5, 5.41) is 11.6. The first-order chi connectivity index (χ1) is 14.0. The van der Waals surface area contributed by atoms with Gasteiger partial charge >= 0.3 is 0 Å². The van der Waals surface area contributed by atoms with Gasteiger partial charge < -0.3 is 16.2 Å². The number of aliphatic hydroxyl groups is 1. The van der Waals surface area contributed by atoms with Crippen LogP contribution < -0.4 is 11.1 Å². The zero-order valence-corrected chi connectivity index (χ0v) is 16.1. The number of nitrogens with two attached hydrogens (primary N) is 1. The maximum atomic E-state index is 14.5. The molecule has 0 unspecified atom stereocenters. The van der Waals surface area contributed by atoms with Gasteiger partial charge in [0.05, 0.1) is 11.8 Å². The first kappa shape index (κ1) is 22.0. The van der Waals surface area contributed by atoms with E-state index < -0.39 is 67.1 Å². The molecule has 30 heavy (non-hydrogen) atoms. The highest BCUT2D eigenvalue weighted by Crippen LogP contribution is 2.28. The smallest absolute Gasteiger partial charge is 0.255 e. The molecule has 0 atom stereocenters. The fourth-order valence-electron chi connectivity index (χ4n) is 2.99. The Labute approximate surface area is 169 Å². The van der Waals surface area contributed by atoms with E-state index in [0.717, 1.165) is 16.4 Å². The van der Waals surface area contributed by atoms with Crippen molar-refractivity contribution in [3.8, 4) is 0 Å². The third-order valence-electron chi connectivity index (χ3n) is 4.61. The van der Waals surface area contributed by atoms with E-state index in [1.807, 2.05) is 0 Å². The van der Waals surface area contributed by atoms with E-state index in [1.54, 1.807) is 0 Å². The van der Waals surface area contributed by atoms with Gasteiger partial charge in [0.15, 0.2) is 23.3 Å². The summed E-state index contributed by atoms with van der Waals surface area (Å²) < 4.78 is 80.8. The Morgan fingerprint density at radius 3 is 2.17 bits per heavy atom. The number of carbonyl (C=O) groups excluding carboxylic acids is 1. The molecule has 0 bridgehead atoms. The zero-order valence-electron chi connectivity index (χ0n) is 15.3. The number of nitrogens with one attached hydrogen (secondary N) is 1. The third kappa shape index (κ3) is 4.25. The van der Waals surface area contributed by atoms with E-state index in [1.165, 1.54) is 0 Å². The van der Waals surface area contributed by atoms with Gasteiger partial charge in [0.2, 0.25) is 10.0 Å². The minimum atomic E-state index is -4.37. The second-order valence-electron chi connectivity index (χ2n) is 6.72. The fourth-order valence-corrected chi connectivity index (χ4v) is 4.58. The fraction of sp³-hybridized carbons (Fsp3) is 0.278. The van der Waals surface area contributed by atoms with Crippen LogP contribution in [0.15, 0.2) is 29.2 Å². The van der Waals surface area contributed by atoms with E-state index in [-0.39, 0.29) is 25.9 Å². The van der Waals surface area contributed by atoms with Crippen LogP contribution in [-0.2, 0) is 10.0 Å². The van der Waals surface area contributed by atoms with Gasteiger partial charge in [-0.05, 0) is 25.0 Å². The summed E-state index contributed by atoms with van der Waals surface area (Å²) >= 11 is 0. The highest BCUT2D eigenvalue weighted by molar-refractivity contribution is 7.89. The molecule has 162 valence electrons. The number of nitrogen functional groups attached to an aromatic ring is 1. The standard InChI is InChI=1S/C18H17F4N3O4S/c19-12-7-10(8-13(20)16(12)21)24-18(27)9-5-14(23)17(22)15(6-9)30(28,29)25-3-1-11(26)2-4-25/h5-8,11,26H,1-4,23H2,(H,24,27). The van der Waals surface area contributed by atoms with Crippen LogP contribution in [0.1, 0.15) is 23.2 Å². The molecule has 2 aromatic carbocycles. The Morgan fingerprint density at radius 2 is 1.60 bits per heavy atom. The van der Waals surface area contributed by atoms with Crippen LogP contribution >= 0.6 is 0 Å². The average Bonchev–Trinajstić information content (AvgIpc) is 2.68. The minimum absolute atomic E-state index is 0.0482. The summed E-state index contributed by atoms with van der Waals surface area (Å²) in [6.07, 6.45) is -0.337. The van der Waals surface area contributed by atoms with E-state index in [2.05, 4.69) is 5.32 Å². The van der Waals surface area contributed by atoms with Gasteiger partial charge in [0, 0.05) is 36.5 Å². The summed E-state index contributed by atoms with van der Waals surface area (Å²) in [5.74, 6) is -7.10. The summed E-state index contributed by atoms with van der Waals surface area (Å²) in [4.78, 5) is 11.6. The number of carbonyl (C=O) groups is 1. The first-order valence-corrected chi connectivity index (χ1v) is 10.2. The minimum Gasteiger partial charge on any atom is -0.396 e. The van der Waals surface area contributed by atoms with Crippen molar-refractivity contribution in [2.75, 3.05) is 24.1 Å². The molecular weight excluding hydrogens is 430 g/mol. The number of anilines is 2. The number of amides is 1. The van der Waals surface area contributed by atoms with Crippen LogP contribution in [0.25, 0.3) is 0 Å². The molecule has 0 radical (unpaired) electrons. The molecule has 2 aromatic rings. The number of piperidine rings is 1. The lowest BCUT2D eigenvalue weighted by atomic mass is 10.1. The number of hydrogen-bond donors (Lipinski definition) is 3. The molecule has 0 spiro atoms. The van der Waals surface area contributed by atoms with Crippen molar-refractivity contribution >= 4 is 27.3 Å². The van der Waals surface area contributed by atoms with Crippen LogP contribution in [0, 0.1) is 23.3 Å². The van der Waals surface area contributed by atoms with E-state index in [0.29, 0.717) is 12.1 Å². The second-order valence-corrected chi connectivity index (χ2v) is 8.63. The number of benzene rings is 2. The molecule has 4 N–H and O–H groups in total. The summed E-state index contributed by atoms with van der Waals surface area (Å²) in [5.41, 5.74) is 4.06. The normalized spacial score (nSPS) is 15.9. The molecule has 1 saturated heterocycles. The average molecular weight is 447 g/mol. The van der Waals surface area contributed by atoms with Crippen molar-refractivity contribution in [1.29, 1.82) is 0 Å². The Balaban J connectivity index is 1.94. The van der Waals surface area contributed by atoms with E-state index in [9.17, 15) is 35.9 Å². The van der Waals surface area contributed by atoms with Crippen LogP contribution in [0.5, 0.6) is 0 Å². The Morgan fingerprint density at radius 1 is 1.03 bits per heavy atom. The van der Waals surface area contributed by atoms with Crippen LogP contribution in [0.2, 0.25) is 0 Å². The van der Waals surface area contributed by atoms with Gasteiger partial charge in [-0.3, -0.25) is 4.79 Å². The summed E-state index contributed by atoms with van der Waals surface area (Å²) in [6.45, 7) is -0.0964. The van der Waals surface area contributed by atoms with Crippen molar-refractivity contribution in [1.82, 2.24) is 4.31 Å². The van der Waals surface area contributed by atoms with E-state index in [4.69, 9.17) is 5.73 Å². The monoisotopic (exact) mass is 447 g/mol. The van der Waals surface area contributed by atoms with E-state index >= 15 is 0 Å². The van der Waals surface area contributed by atoms with Crippen molar-refractivity contribution in [3.63, 3.8) is 0 Å². The maximum Gasteiger partial charge on any atom is 0.255 e. The highest BCUT2D eigenvalue weighted by Gasteiger charge is 2.32. The molecule has 1 aliphatic heterocycles. The number of hydrogen-bond acceptors (Lipinski definition) is 5. The maximum absolute atomic E-state index is 14.5. The van der Waals surface area contributed by atoms with Crippen LogP contribution in [0.3, 0.4) is 0 Å². The largest absolute Gasteiger partial charge is 0.396 e. The van der Waals surface area contributed by atoms with Gasteiger partial charge in [-0.2, -0.15) is 4.31 Å². The topological polar surface area (TPSA) is 113 Å². The van der Waals surface area contributed by atoms with Gasteiger partial charge in [0.25, 0.3) is 5.91 Å². The highest BCUT2D eigenvalue weighted by atomic mass is 32.2. The molecule has 0 aromatic heterocycles. The molecule has 12 heteroatoms. The lowest BCUT2D eigenvalue weighted by molar-refractivity contribution is 0.102. The molecule has 1 fully saturated rings. The van der Waals surface area contributed by atoms with Crippen molar-refractivity contribution in [3.05, 3.63) is 53.1 Å². The second kappa shape index (κ2) is 8.20. The van der Waals surface area contributed by atoms with Crippen molar-refractivity contribution < 1.29 is 35.9 Å². The lowest BCUT2D eigenvalue weighted by Crippen LogP contribution is -2.40. The number of rotatable bonds is 4. The molecular formula is C18H17F4N3O4S. The number of aliphatic hydroxyl groups excluding tert-OH is 1. The van der Waals surface area contributed by atoms with Gasteiger partial charge in [-0.15, -0.1) is 0 Å². The Hall–Kier alpha value is -2.70. The van der Waals surface area contributed by atoms with Gasteiger partial charge in [-0.1, -0.05) is 0 Å². The lowest BCUT2D eigenvalue weighted by Gasteiger charge is -2.29. The first-order valence-electron chi connectivity index (χ1n) is 8.74.